The van der Waals surface area contributed by atoms with Crippen molar-refractivity contribution in [1.29, 1.82) is 0 Å². The standard InChI is InChI=1S/C16H25N3O2S2/c1-5-18(16(21)17-11(2)3)7-8-19-14(20)12(4)23-15(19)13-6-9-22-10-13/h6,9-12,15H,5,7-8H2,1-4H3,(H,17,21)/t12-,15+/m1/s1. The van der Waals surface area contributed by atoms with E-state index in [0.717, 1.165) is 0 Å². The average molecular weight is 356 g/mol. The van der Waals surface area contributed by atoms with Crippen LogP contribution in [-0.2, 0) is 4.79 Å². The molecular weight excluding hydrogens is 330 g/mol. The van der Waals surface area contributed by atoms with E-state index in [0.29, 0.717) is 19.6 Å². The normalized spacial score (nSPS) is 21.1. The van der Waals surface area contributed by atoms with Gasteiger partial charge in [-0.3, -0.25) is 4.79 Å². The molecule has 3 amide bonds. The third-order valence-corrected chi connectivity index (χ3v) is 5.86. The van der Waals surface area contributed by atoms with Crippen LogP contribution in [0.3, 0.4) is 0 Å². The Labute approximate surface area is 146 Å². The molecule has 1 fully saturated rings. The molecule has 7 heteroatoms. The van der Waals surface area contributed by atoms with Gasteiger partial charge in [0.05, 0.1) is 5.25 Å². The Bertz CT molecular complexity index is 533. The highest BCUT2D eigenvalue weighted by Gasteiger charge is 2.38. The molecule has 1 aliphatic heterocycles. The van der Waals surface area contributed by atoms with Gasteiger partial charge in [-0.15, -0.1) is 11.8 Å². The van der Waals surface area contributed by atoms with Crippen LogP contribution in [-0.4, -0.2) is 52.7 Å². The summed E-state index contributed by atoms with van der Waals surface area (Å²) >= 11 is 3.33. The van der Waals surface area contributed by atoms with E-state index in [2.05, 4.69) is 16.8 Å². The molecule has 0 radical (unpaired) electrons. The third kappa shape index (κ3) is 4.41. The molecule has 5 nitrogen and oxygen atoms in total. The zero-order valence-electron chi connectivity index (χ0n) is 14.1. The number of thioether (sulfide) groups is 1. The van der Waals surface area contributed by atoms with Crippen molar-refractivity contribution in [3.8, 4) is 0 Å². The van der Waals surface area contributed by atoms with Gasteiger partial charge in [0.15, 0.2) is 0 Å². The summed E-state index contributed by atoms with van der Waals surface area (Å²) in [6.07, 6.45) is 0. The Hall–Kier alpha value is -1.21. The highest BCUT2D eigenvalue weighted by molar-refractivity contribution is 8.01. The van der Waals surface area contributed by atoms with E-state index in [4.69, 9.17) is 0 Å². The fourth-order valence-corrected chi connectivity index (χ4v) is 4.61. The number of hydrogen-bond donors (Lipinski definition) is 1. The largest absolute Gasteiger partial charge is 0.336 e. The summed E-state index contributed by atoms with van der Waals surface area (Å²) in [4.78, 5) is 28.3. The fraction of sp³-hybridized carbons (Fsp3) is 0.625. The molecule has 1 saturated heterocycles. The minimum Gasteiger partial charge on any atom is -0.336 e. The van der Waals surface area contributed by atoms with E-state index < -0.39 is 0 Å². The van der Waals surface area contributed by atoms with E-state index in [1.54, 1.807) is 28.0 Å². The first-order chi connectivity index (χ1) is 10.9. The molecule has 1 aromatic rings. The summed E-state index contributed by atoms with van der Waals surface area (Å²) in [6, 6.07) is 2.12. The number of urea groups is 1. The molecule has 1 aromatic heterocycles. The van der Waals surface area contributed by atoms with E-state index in [9.17, 15) is 9.59 Å². The van der Waals surface area contributed by atoms with Gasteiger partial charge in [0.1, 0.15) is 5.37 Å². The molecule has 0 spiro atoms. The Balaban J connectivity index is 2.01. The van der Waals surface area contributed by atoms with Crippen molar-refractivity contribution < 1.29 is 9.59 Å². The van der Waals surface area contributed by atoms with Crippen molar-refractivity contribution in [2.45, 2.75) is 44.4 Å². The number of likely N-dealkylation sites (N-methyl/N-ethyl adjacent to an activating group) is 1. The predicted octanol–water partition coefficient (Wildman–Crippen LogP) is 3.15. The fourth-order valence-electron chi connectivity index (χ4n) is 2.55. The summed E-state index contributed by atoms with van der Waals surface area (Å²) in [5.41, 5.74) is 1.17. The van der Waals surface area contributed by atoms with E-state index in [1.165, 1.54) is 5.56 Å². The third-order valence-electron chi connectivity index (χ3n) is 3.77. The SMILES string of the molecule is CCN(CCN1C(=O)[C@@H](C)S[C@H]1c1ccsc1)C(=O)NC(C)C. The first-order valence-electron chi connectivity index (χ1n) is 7.97. The number of nitrogens with one attached hydrogen (secondary N) is 1. The van der Waals surface area contributed by atoms with Crippen LogP contribution in [0.2, 0.25) is 0 Å². The molecule has 1 aliphatic rings. The topological polar surface area (TPSA) is 52.7 Å². The maximum Gasteiger partial charge on any atom is 0.317 e. The lowest BCUT2D eigenvalue weighted by Gasteiger charge is -2.28. The lowest BCUT2D eigenvalue weighted by Crippen LogP contribution is -2.46. The number of thiophene rings is 1. The average Bonchev–Trinajstić information content (AvgIpc) is 3.10. The summed E-state index contributed by atoms with van der Waals surface area (Å²) in [6.45, 7) is 9.55. The molecule has 128 valence electrons. The second-order valence-corrected chi connectivity index (χ2v) is 8.11. The zero-order valence-corrected chi connectivity index (χ0v) is 15.7. The molecule has 0 bridgehead atoms. The predicted molar refractivity (Wildman–Crippen MR) is 96.7 cm³/mol. The van der Waals surface area contributed by atoms with Gasteiger partial charge in [-0.25, -0.2) is 4.79 Å². The van der Waals surface area contributed by atoms with Crippen LogP contribution in [0.4, 0.5) is 4.79 Å². The number of amides is 3. The molecule has 1 N–H and O–H groups in total. The van der Waals surface area contributed by atoms with Gasteiger partial charge in [-0.2, -0.15) is 11.3 Å². The quantitative estimate of drug-likeness (QED) is 0.853. The van der Waals surface area contributed by atoms with Crippen LogP contribution in [0.15, 0.2) is 16.8 Å². The van der Waals surface area contributed by atoms with Crippen molar-refractivity contribution >= 4 is 35.0 Å². The van der Waals surface area contributed by atoms with Crippen LogP contribution in [0.1, 0.15) is 38.6 Å². The Morgan fingerprint density at radius 1 is 1.48 bits per heavy atom. The number of hydrogen-bond acceptors (Lipinski definition) is 4. The van der Waals surface area contributed by atoms with Crippen LogP contribution in [0, 0.1) is 0 Å². The number of carbonyl (C=O) groups is 2. The van der Waals surface area contributed by atoms with Crippen molar-refractivity contribution in [3.05, 3.63) is 22.4 Å². The zero-order chi connectivity index (χ0) is 17.0. The summed E-state index contributed by atoms with van der Waals surface area (Å²) in [5, 5.41) is 7.08. The molecule has 2 atom stereocenters. The van der Waals surface area contributed by atoms with Crippen molar-refractivity contribution in [3.63, 3.8) is 0 Å². The number of carbonyl (C=O) groups excluding carboxylic acids is 2. The van der Waals surface area contributed by atoms with Crippen molar-refractivity contribution in [2.24, 2.45) is 0 Å². The molecule has 2 rings (SSSR count). The van der Waals surface area contributed by atoms with Crippen molar-refractivity contribution in [1.82, 2.24) is 15.1 Å². The smallest absolute Gasteiger partial charge is 0.317 e. The Morgan fingerprint density at radius 3 is 2.78 bits per heavy atom. The van der Waals surface area contributed by atoms with Gasteiger partial charge in [0, 0.05) is 25.7 Å². The van der Waals surface area contributed by atoms with Crippen LogP contribution >= 0.6 is 23.1 Å². The minimum atomic E-state index is -0.0677. The highest BCUT2D eigenvalue weighted by atomic mass is 32.2. The Morgan fingerprint density at radius 2 is 2.22 bits per heavy atom. The summed E-state index contributed by atoms with van der Waals surface area (Å²) in [5.74, 6) is 0.159. The maximum absolute atomic E-state index is 12.4. The number of rotatable bonds is 6. The van der Waals surface area contributed by atoms with Crippen LogP contribution < -0.4 is 5.32 Å². The van der Waals surface area contributed by atoms with E-state index in [-0.39, 0.29) is 28.6 Å². The molecule has 0 unspecified atom stereocenters. The van der Waals surface area contributed by atoms with Gasteiger partial charge >= 0.3 is 6.03 Å². The first-order valence-corrected chi connectivity index (χ1v) is 9.86. The van der Waals surface area contributed by atoms with Crippen LogP contribution in [0.5, 0.6) is 0 Å². The number of nitrogens with zero attached hydrogens (tertiary/aromatic N) is 2. The summed E-state index contributed by atoms with van der Waals surface area (Å²) in [7, 11) is 0. The molecular formula is C16H25N3O2S2. The van der Waals surface area contributed by atoms with E-state index >= 15 is 0 Å². The van der Waals surface area contributed by atoms with Crippen LogP contribution in [0.25, 0.3) is 0 Å². The van der Waals surface area contributed by atoms with Gasteiger partial charge in [0.2, 0.25) is 5.91 Å². The molecule has 2 heterocycles. The molecule has 0 aliphatic carbocycles. The minimum absolute atomic E-state index is 0.0283. The second-order valence-electron chi connectivity index (χ2n) is 5.90. The highest BCUT2D eigenvalue weighted by Crippen LogP contribution is 2.43. The first kappa shape index (κ1) is 18.1. The lowest BCUT2D eigenvalue weighted by atomic mass is 10.3. The second kappa shape index (κ2) is 8.06. The van der Waals surface area contributed by atoms with E-state index in [1.807, 2.05) is 38.0 Å². The summed E-state index contributed by atoms with van der Waals surface area (Å²) < 4.78 is 0. The Kier molecular flexibility index (Phi) is 6.35. The van der Waals surface area contributed by atoms with Gasteiger partial charge in [-0.05, 0) is 50.1 Å². The monoisotopic (exact) mass is 355 g/mol. The molecule has 0 aromatic carbocycles. The van der Waals surface area contributed by atoms with Gasteiger partial charge in [0.25, 0.3) is 0 Å². The lowest BCUT2D eigenvalue weighted by molar-refractivity contribution is -0.129. The van der Waals surface area contributed by atoms with Crippen molar-refractivity contribution in [2.75, 3.05) is 19.6 Å². The van der Waals surface area contributed by atoms with Gasteiger partial charge in [-0.1, -0.05) is 0 Å². The molecule has 23 heavy (non-hydrogen) atoms. The van der Waals surface area contributed by atoms with Gasteiger partial charge < -0.3 is 15.1 Å². The molecule has 0 saturated carbocycles. The maximum atomic E-state index is 12.4.